The zero-order chi connectivity index (χ0) is 16.4. The normalized spacial score (nSPS) is 17.8. The molecular formula is C25H17+. The number of benzene rings is 3. The van der Waals surface area contributed by atoms with Crippen LogP contribution in [0.15, 0.2) is 90.5 Å². The predicted octanol–water partition coefficient (Wildman–Crippen LogP) is 5.93. The average molecular weight is 317 g/mol. The fourth-order valence-corrected chi connectivity index (χ4v) is 5.17. The molecule has 0 saturated heterocycles. The number of allylic oxidation sites excluding steroid dienone is 4. The van der Waals surface area contributed by atoms with Crippen molar-refractivity contribution in [3.8, 4) is 11.1 Å². The van der Waals surface area contributed by atoms with Crippen molar-refractivity contribution >= 4 is 5.57 Å². The second-order valence-corrected chi connectivity index (χ2v) is 7.06. The molecule has 6 rings (SSSR count). The molecule has 3 aliphatic rings. The molecule has 3 aliphatic carbocycles. The summed E-state index contributed by atoms with van der Waals surface area (Å²) in [5.74, 6) is 0. The van der Waals surface area contributed by atoms with Crippen LogP contribution in [0, 0.1) is 6.42 Å². The van der Waals surface area contributed by atoms with E-state index in [0.717, 1.165) is 6.42 Å². The van der Waals surface area contributed by atoms with Gasteiger partial charge in [-0.1, -0.05) is 66.7 Å². The molecule has 0 atom stereocenters. The molecule has 0 heterocycles. The lowest BCUT2D eigenvalue weighted by atomic mass is 9.68. The van der Waals surface area contributed by atoms with Gasteiger partial charge >= 0.3 is 0 Å². The minimum Gasteiger partial charge on any atom is -0.0619 e. The van der Waals surface area contributed by atoms with Crippen molar-refractivity contribution in [3.05, 3.63) is 119 Å². The Morgan fingerprint density at radius 1 is 0.640 bits per heavy atom. The van der Waals surface area contributed by atoms with E-state index in [0.29, 0.717) is 0 Å². The third-order valence-electron chi connectivity index (χ3n) is 6.01. The van der Waals surface area contributed by atoms with E-state index < -0.39 is 0 Å². The molecule has 0 nitrogen and oxygen atoms in total. The minimum absolute atomic E-state index is 0.149. The van der Waals surface area contributed by atoms with Crippen LogP contribution in [0.25, 0.3) is 16.7 Å². The highest BCUT2D eigenvalue weighted by Gasteiger charge is 2.57. The Bertz CT molecular complexity index is 1050. The van der Waals surface area contributed by atoms with Crippen LogP contribution in [-0.2, 0) is 5.41 Å². The van der Waals surface area contributed by atoms with Crippen LogP contribution in [0.5, 0.6) is 0 Å². The summed E-state index contributed by atoms with van der Waals surface area (Å²) in [5.41, 5.74) is 11.2. The van der Waals surface area contributed by atoms with Crippen LogP contribution in [-0.4, -0.2) is 0 Å². The average Bonchev–Trinajstić information content (AvgIpc) is 3.16. The fraction of sp³-hybridized carbons (Fsp3) is 0.0800. The molecule has 3 aromatic carbocycles. The Hall–Kier alpha value is -2.99. The minimum atomic E-state index is -0.149. The van der Waals surface area contributed by atoms with E-state index in [1.807, 2.05) is 0 Å². The molecule has 1 spiro atoms. The zero-order valence-electron chi connectivity index (χ0n) is 13.9. The number of hydrogen-bond acceptors (Lipinski definition) is 0. The van der Waals surface area contributed by atoms with E-state index in [1.165, 1.54) is 44.5 Å². The summed E-state index contributed by atoms with van der Waals surface area (Å²) >= 11 is 0. The molecular weight excluding hydrogens is 300 g/mol. The lowest BCUT2D eigenvalue weighted by Gasteiger charge is -2.28. The summed E-state index contributed by atoms with van der Waals surface area (Å²) < 4.78 is 0. The van der Waals surface area contributed by atoms with Crippen molar-refractivity contribution < 1.29 is 0 Å². The van der Waals surface area contributed by atoms with E-state index in [2.05, 4.69) is 91.4 Å². The quantitative estimate of drug-likeness (QED) is 0.451. The molecule has 0 aromatic heterocycles. The second-order valence-electron chi connectivity index (χ2n) is 7.06. The summed E-state index contributed by atoms with van der Waals surface area (Å²) in [6.45, 7) is 0. The fourth-order valence-electron chi connectivity index (χ4n) is 5.17. The molecule has 0 unspecified atom stereocenters. The summed E-state index contributed by atoms with van der Waals surface area (Å²) in [6, 6.07) is 26.9. The van der Waals surface area contributed by atoms with Crippen LogP contribution in [0.4, 0.5) is 0 Å². The van der Waals surface area contributed by atoms with Crippen molar-refractivity contribution in [2.24, 2.45) is 0 Å². The zero-order valence-corrected chi connectivity index (χ0v) is 13.9. The van der Waals surface area contributed by atoms with E-state index in [4.69, 9.17) is 0 Å². The summed E-state index contributed by atoms with van der Waals surface area (Å²) in [5, 5.41) is 0. The summed E-state index contributed by atoms with van der Waals surface area (Å²) in [4.78, 5) is 0. The maximum Gasteiger partial charge on any atom is 0.135 e. The number of fused-ring (bicyclic) bond motifs is 9. The van der Waals surface area contributed by atoms with Crippen molar-refractivity contribution in [2.45, 2.75) is 11.8 Å². The highest BCUT2D eigenvalue weighted by atomic mass is 14.5. The molecule has 0 amide bonds. The van der Waals surface area contributed by atoms with Gasteiger partial charge in [0, 0.05) is 11.6 Å². The standard InChI is InChI=1S/C25H17/c1-5-13-21-17(9-1)18-10-2-6-14-22(18)25(21)23-15-7-3-11-19(23)20-12-4-8-16-24(20)25/h1-7,9-16H,8H2/q+1. The maximum absolute atomic E-state index is 2.44. The molecule has 116 valence electrons. The van der Waals surface area contributed by atoms with Crippen LogP contribution >= 0.6 is 0 Å². The lowest BCUT2D eigenvalue weighted by Crippen LogP contribution is -2.27. The molecule has 0 fully saturated rings. The summed E-state index contributed by atoms with van der Waals surface area (Å²) in [7, 11) is 0. The van der Waals surface area contributed by atoms with E-state index in [9.17, 15) is 0 Å². The monoisotopic (exact) mass is 317 g/mol. The first-order chi connectivity index (χ1) is 12.4. The van der Waals surface area contributed by atoms with Crippen molar-refractivity contribution in [3.63, 3.8) is 0 Å². The maximum atomic E-state index is 2.44. The first-order valence-corrected chi connectivity index (χ1v) is 8.96. The third-order valence-corrected chi connectivity index (χ3v) is 6.01. The Kier molecular flexibility index (Phi) is 2.42. The first-order valence-electron chi connectivity index (χ1n) is 8.96. The third kappa shape index (κ3) is 1.42. The van der Waals surface area contributed by atoms with Gasteiger partial charge in [-0.05, 0) is 34.4 Å². The molecule has 25 heavy (non-hydrogen) atoms. The van der Waals surface area contributed by atoms with Gasteiger partial charge in [-0.2, -0.15) is 0 Å². The van der Waals surface area contributed by atoms with Crippen LogP contribution < -0.4 is 0 Å². The van der Waals surface area contributed by atoms with E-state index in [-0.39, 0.29) is 5.41 Å². The van der Waals surface area contributed by atoms with Crippen molar-refractivity contribution in [1.82, 2.24) is 0 Å². The molecule has 3 aromatic rings. The lowest BCUT2D eigenvalue weighted by molar-refractivity contribution is 0.765. The highest BCUT2D eigenvalue weighted by molar-refractivity contribution is 5.97. The smallest absolute Gasteiger partial charge is 0.0619 e. The van der Waals surface area contributed by atoms with E-state index >= 15 is 0 Å². The van der Waals surface area contributed by atoms with Gasteiger partial charge in [0.15, 0.2) is 0 Å². The summed E-state index contributed by atoms with van der Waals surface area (Å²) in [6.07, 6.45) is 8.06. The molecule has 0 heteroatoms. The van der Waals surface area contributed by atoms with Crippen LogP contribution in [0.1, 0.15) is 28.7 Å². The molecule has 0 saturated carbocycles. The van der Waals surface area contributed by atoms with Crippen molar-refractivity contribution in [2.75, 3.05) is 0 Å². The Morgan fingerprint density at radius 3 is 1.80 bits per heavy atom. The number of rotatable bonds is 0. The molecule has 0 radical (unpaired) electrons. The Labute approximate surface area is 148 Å². The second kappa shape index (κ2) is 4.55. The molecule has 0 bridgehead atoms. The first kappa shape index (κ1) is 13.3. The topological polar surface area (TPSA) is 0 Å². The van der Waals surface area contributed by atoms with Crippen LogP contribution in [0.2, 0.25) is 0 Å². The molecule has 0 aliphatic heterocycles. The number of hydrogen-bond donors (Lipinski definition) is 0. The predicted molar refractivity (Wildman–Crippen MR) is 103 cm³/mol. The van der Waals surface area contributed by atoms with Gasteiger partial charge in [0.05, 0.1) is 18.4 Å². The highest BCUT2D eigenvalue weighted by Crippen LogP contribution is 2.63. The van der Waals surface area contributed by atoms with Crippen molar-refractivity contribution in [1.29, 1.82) is 0 Å². The SMILES string of the molecule is C1=CC2=C([CH+]C1)C1(c3ccccc32)c2ccccc2-c2ccccc21. The molecule has 0 N–H and O–H groups in total. The Balaban J connectivity index is 1.84. The van der Waals surface area contributed by atoms with E-state index in [1.54, 1.807) is 0 Å². The van der Waals surface area contributed by atoms with Gasteiger partial charge in [-0.15, -0.1) is 0 Å². The van der Waals surface area contributed by atoms with Gasteiger partial charge < -0.3 is 0 Å². The van der Waals surface area contributed by atoms with Gasteiger partial charge in [-0.3, -0.25) is 0 Å². The van der Waals surface area contributed by atoms with Crippen LogP contribution in [0.3, 0.4) is 0 Å². The van der Waals surface area contributed by atoms with Gasteiger partial charge in [0.2, 0.25) is 0 Å². The Morgan fingerprint density at radius 2 is 1.16 bits per heavy atom. The largest absolute Gasteiger partial charge is 0.135 e. The van der Waals surface area contributed by atoms with Gasteiger partial charge in [-0.25, -0.2) is 0 Å². The van der Waals surface area contributed by atoms with Gasteiger partial charge in [0.25, 0.3) is 0 Å². The van der Waals surface area contributed by atoms with Gasteiger partial charge in [0.1, 0.15) is 16.6 Å².